The third-order valence-corrected chi connectivity index (χ3v) is 4.57. The number of carbonyl (C=O) groups is 1. The van der Waals surface area contributed by atoms with E-state index in [2.05, 4.69) is 51.6 Å². The molecule has 0 fully saturated rings. The van der Waals surface area contributed by atoms with Gasteiger partial charge in [-0.3, -0.25) is 0 Å². The van der Waals surface area contributed by atoms with Gasteiger partial charge < -0.3 is 4.74 Å². The number of aromatic nitrogens is 3. The van der Waals surface area contributed by atoms with Crippen molar-refractivity contribution in [3.8, 4) is 5.82 Å². The molecule has 160 valence electrons. The van der Waals surface area contributed by atoms with Gasteiger partial charge in [-0.05, 0) is 53.2 Å². The van der Waals surface area contributed by atoms with Crippen LogP contribution in [0.3, 0.4) is 0 Å². The Morgan fingerprint density at radius 1 is 1.17 bits per heavy atom. The van der Waals surface area contributed by atoms with E-state index in [4.69, 9.17) is 9.72 Å². The molecule has 0 saturated heterocycles. The average Bonchev–Trinajstić information content (AvgIpc) is 3.19. The first-order valence-corrected chi connectivity index (χ1v) is 10.00. The van der Waals surface area contributed by atoms with Crippen LogP contribution < -0.4 is 0 Å². The number of rotatable bonds is 4. The molecule has 0 N–H and O–H groups in total. The van der Waals surface area contributed by atoms with E-state index in [9.17, 15) is 4.79 Å². The van der Waals surface area contributed by atoms with E-state index < -0.39 is 6.09 Å². The summed E-state index contributed by atoms with van der Waals surface area (Å²) >= 11 is 0. The van der Waals surface area contributed by atoms with Gasteiger partial charge in [0.15, 0.2) is 5.82 Å². The van der Waals surface area contributed by atoms with E-state index in [1.54, 1.807) is 10.9 Å². The maximum absolute atomic E-state index is 12.1. The molecule has 0 aliphatic carbocycles. The number of hydrogen-bond donors (Lipinski definition) is 0. The summed E-state index contributed by atoms with van der Waals surface area (Å²) in [6.07, 6.45) is 8.78. The Labute approximate surface area is 179 Å². The van der Waals surface area contributed by atoms with Crippen LogP contribution in [0.25, 0.3) is 5.82 Å². The maximum atomic E-state index is 12.1. The van der Waals surface area contributed by atoms with Crippen molar-refractivity contribution in [1.29, 1.82) is 0 Å². The maximum Gasteiger partial charge on any atom is 0.433 e. The Bertz CT molecular complexity index is 970. The molecule has 0 spiro atoms. The summed E-state index contributed by atoms with van der Waals surface area (Å²) < 4.78 is 6.51. The molecule has 6 nitrogen and oxygen atoms in total. The van der Waals surface area contributed by atoms with Crippen LogP contribution in [-0.4, -0.2) is 33.7 Å². The highest BCUT2D eigenvalue weighted by atomic mass is 16.5. The van der Waals surface area contributed by atoms with Gasteiger partial charge >= 0.3 is 6.09 Å². The lowest BCUT2D eigenvalue weighted by Gasteiger charge is -2.22. The van der Waals surface area contributed by atoms with Crippen molar-refractivity contribution in [2.75, 3.05) is 7.11 Å². The fraction of sp³-hybridized carbons (Fsp3) is 0.417. The van der Waals surface area contributed by atoms with Gasteiger partial charge in [0, 0.05) is 12.4 Å². The van der Waals surface area contributed by atoms with Crippen molar-refractivity contribution in [1.82, 2.24) is 14.8 Å². The molecule has 0 saturated carbocycles. The van der Waals surface area contributed by atoms with Gasteiger partial charge in [0.25, 0.3) is 0 Å². The Morgan fingerprint density at radius 2 is 1.87 bits per heavy atom. The number of ether oxygens (including phenoxy) is 1. The molecule has 2 aromatic rings. The minimum atomic E-state index is -0.668. The molecule has 0 atom stereocenters. The fourth-order valence-corrected chi connectivity index (χ4v) is 2.75. The molecular weight excluding hydrogens is 376 g/mol. The minimum absolute atomic E-state index is 0.129. The summed E-state index contributed by atoms with van der Waals surface area (Å²) in [5.41, 5.74) is 2.85. The Kier molecular flexibility index (Phi) is 7.13. The van der Waals surface area contributed by atoms with Crippen LogP contribution >= 0.6 is 0 Å². The molecule has 1 amide bonds. The van der Waals surface area contributed by atoms with Crippen LogP contribution in [0.4, 0.5) is 4.79 Å². The monoisotopic (exact) mass is 408 g/mol. The lowest BCUT2D eigenvalue weighted by atomic mass is 9.84. The number of allylic oxidation sites excluding steroid dienone is 4. The topological polar surface area (TPSA) is 69.4 Å². The quantitative estimate of drug-likeness (QED) is 0.483. The average molecular weight is 409 g/mol. The van der Waals surface area contributed by atoms with Crippen LogP contribution in [-0.2, 0) is 10.2 Å². The number of methoxy groups -OCH3 is 1. The Morgan fingerprint density at radius 3 is 2.37 bits per heavy atom. The molecule has 2 rings (SSSR count). The predicted molar refractivity (Wildman–Crippen MR) is 121 cm³/mol. The highest BCUT2D eigenvalue weighted by Crippen LogP contribution is 2.28. The van der Waals surface area contributed by atoms with Crippen LogP contribution in [0.15, 0.2) is 59.4 Å². The predicted octanol–water partition coefficient (Wildman–Crippen LogP) is 5.67. The second-order valence-electron chi connectivity index (χ2n) is 9.12. The van der Waals surface area contributed by atoms with Crippen LogP contribution in [0.1, 0.15) is 59.7 Å². The number of pyridine rings is 1. The van der Waals surface area contributed by atoms with Crippen LogP contribution in [0.2, 0.25) is 0 Å². The van der Waals surface area contributed by atoms with E-state index in [1.807, 2.05) is 49.5 Å². The van der Waals surface area contributed by atoms with E-state index in [-0.39, 0.29) is 10.8 Å². The van der Waals surface area contributed by atoms with E-state index in [0.717, 1.165) is 11.1 Å². The summed E-state index contributed by atoms with van der Waals surface area (Å²) in [5.74, 6) is 0.664. The highest BCUT2D eigenvalue weighted by molar-refractivity contribution is 6.12. The third kappa shape index (κ3) is 5.99. The normalized spacial score (nSPS) is 13.7. The van der Waals surface area contributed by atoms with Crippen LogP contribution in [0.5, 0.6) is 0 Å². The van der Waals surface area contributed by atoms with E-state index in [0.29, 0.717) is 17.2 Å². The molecule has 0 bridgehead atoms. The first kappa shape index (κ1) is 23.3. The van der Waals surface area contributed by atoms with Gasteiger partial charge in [-0.25, -0.2) is 14.5 Å². The van der Waals surface area contributed by atoms with Gasteiger partial charge in [-0.1, -0.05) is 53.7 Å². The van der Waals surface area contributed by atoms with Crippen molar-refractivity contribution < 1.29 is 9.53 Å². The van der Waals surface area contributed by atoms with Gasteiger partial charge in [0.1, 0.15) is 0 Å². The molecule has 30 heavy (non-hydrogen) atoms. The van der Waals surface area contributed by atoms with Crippen molar-refractivity contribution in [2.24, 2.45) is 10.4 Å². The lowest BCUT2D eigenvalue weighted by molar-refractivity contribution is 0.182. The summed E-state index contributed by atoms with van der Waals surface area (Å²) in [6.45, 7) is 14.7. The van der Waals surface area contributed by atoms with Crippen molar-refractivity contribution >= 4 is 11.8 Å². The molecule has 2 heterocycles. The number of carbonyl (C=O) groups excluding carboxylic acids is 1. The van der Waals surface area contributed by atoms with Crippen molar-refractivity contribution in [3.63, 3.8) is 0 Å². The summed E-state index contributed by atoms with van der Waals surface area (Å²) in [7, 11) is 1.32. The molecule has 0 unspecified atom stereocenters. The van der Waals surface area contributed by atoms with Gasteiger partial charge in [-0.15, -0.1) is 0 Å². The zero-order valence-electron chi connectivity index (χ0n) is 19.2. The molecule has 0 aromatic carbocycles. The molecule has 0 radical (unpaired) electrons. The largest absolute Gasteiger partial charge is 0.451 e. The molecule has 2 aromatic heterocycles. The fourth-order valence-electron chi connectivity index (χ4n) is 2.75. The zero-order chi connectivity index (χ0) is 22.5. The SMILES string of the molecule is C/C=C\C(=C/C(=NC(=O)OC)c1cc(C(C)(C)C)cc(-n2cccn2)n1)C(C)(C)C. The van der Waals surface area contributed by atoms with E-state index in [1.165, 1.54) is 7.11 Å². The van der Waals surface area contributed by atoms with Crippen molar-refractivity contribution in [3.05, 3.63) is 65.7 Å². The third-order valence-electron chi connectivity index (χ3n) is 4.57. The Hall–Kier alpha value is -3.02. The van der Waals surface area contributed by atoms with Crippen LogP contribution in [0, 0.1) is 5.41 Å². The molecule has 0 aliphatic heterocycles. The number of amides is 1. The summed E-state index contributed by atoms with van der Waals surface area (Å²) in [6, 6.07) is 5.83. The van der Waals surface area contributed by atoms with E-state index >= 15 is 0 Å². The summed E-state index contributed by atoms with van der Waals surface area (Å²) in [5, 5.41) is 4.31. The number of nitrogens with zero attached hydrogens (tertiary/aromatic N) is 4. The zero-order valence-corrected chi connectivity index (χ0v) is 19.2. The standard InChI is InChI=1S/C24H32N4O2/c1-9-11-17(23(2,3)4)14-20(27-22(29)30-8)19-15-18(24(5,6)7)16-21(26-19)28-13-10-12-25-28/h9-16H,1-8H3/b11-9-,17-14+,27-20?. The Balaban J connectivity index is 2.79. The van der Waals surface area contributed by atoms with Gasteiger partial charge in [0.05, 0.1) is 18.5 Å². The molecule has 0 aliphatic rings. The van der Waals surface area contributed by atoms with Crippen molar-refractivity contribution in [2.45, 2.75) is 53.9 Å². The lowest BCUT2D eigenvalue weighted by Crippen LogP contribution is -2.17. The highest BCUT2D eigenvalue weighted by Gasteiger charge is 2.21. The minimum Gasteiger partial charge on any atom is -0.451 e. The smallest absolute Gasteiger partial charge is 0.433 e. The first-order valence-electron chi connectivity index (χ1n) is 10.00. The van der Waals surface area contributed by atoms with Gasteiger partial charge in [-0.2, -0.15) is 10.1 Å². The number of aliphatic imine (C=N–C) groups is 1. The first-order chi connectivity index (χ1) is 14.0. The number of hydrogen-bond acceptors (Lipinski definition) is 4. The second-order valence-corrected chi connectivity index (χ2v) is 9.12. The molecular formula is C24H32N4O2. The molecule has 6 heteroatoms. The van der Waals surface area contributed by atoms with Gasteiger partial charge in [0.2, 0.25) is 0 Å². The summed E-state index contributed by atoms with van der Waals surface area (Å²) in [4.78, 5) is 21.0. The second kappa shape index (κ2) is 9.20.